The monoisotopic (exact) mass is 340 g/mol. The molecule has 0 bridgehead atoms. The Balaban J connectivity index is 1.97. The Morgan fingerprint density at radius 2 is 1.88 bits per heavy atom. The summed E-state index contributed by atoms with van der Waals surface area (Å²) in [6, 6.07) is 13.0. The van der Waals surface area contributed by atoms with Crippen LogP contribution in [0.4, 0.5) is 0 Å². The molecule has 25 heavy (non-hydrogen) atoms. The average molecular weight is 340 g/mol. The Bertz CT molecular complexity index is 772. The second-order valence-electron chi connectivity index (χ2n) is 5.15. The molecule has 130 valence electrons. The smallest absolute Gasteiger partial charge is 0.339 e. The summed E-state index contributed by atoms with van der Waals surface area (Å²) in [6.45, 7) is 1.04. The van der Waals surface area contributed by atoms with Gasteiger partial charge in [0.25, 0.3) is 0 Å². The van der Waals surface area contributed by atoms with Crippen molar-refractivity contribution in [3.63, 3.8) is 0 Å². The molecule has 2 aromatic rings. The molecular weight excluding hydrogens is 320 g/mol. The molecule has 0 spiro atoms. The molecule has 0 aliphatic rings. The third-order valence-corrected chi connectivity index (χ3v) is 3.42. The van der Waals surface area contributed by atoms with Gasteiger partial charge in [-0.2, -0.15) is 0 Å². The van der Waals surface area contributed by atoms with E-state index in [4.69, 9.17) is 14.2 Å². The summed E-state index contributed by atoms with van der Waals surface area (Å²) in [5, 5.41) is 9.29. The Hall–Kier alpha value is -2.97. The summed E-state index contributed by atoms with van der Waals surface area (Å²) < 4.78 is 15.8. The van der Waals surface area contributed by atoms with Crippen molar-refractivity contribution in [1.29, 1.82) is 0 Å². The first kappa shape index (κ1) is 18.4. The fraction of sp³-hybridized carbons (Fsp3) is 0.250. The molecule has 0 radical (unpaired) electrons. The van der Waals surface area contributed by atoms with E-state index >= 15 is 0 Å². The van der Waals surface area contributed by atoms with Gasteiger partial charge in [0.2, 0.25) is 0 Å². The number of methoxy groups -OCH3 is 2. The first-order valence-electron chi connectivity index (χ1n) is 7.75. The summed E-state index contributed by atoms with van der Waals surface area (Å²) in [5.74, 6) is 5.35. The third-order valence-electron chi connectivity index (χ3n) is 3.42. The highest BCUT2D eigenvalue weighted by Gasteiger charge is 2.17. The summed E-state index contributed by atoms with van der Waals surface area (Å²) in [4.78, 5) is 11.3. The molecule has 0 aromatic heterocycles. The zero-order valence-electron chi connectivity index (χ0n) is 14.2. The van der Waals surface area contributed by atoms with Crippen molar-refractivity contribution in [2.75, 3.05) is 20.8 Å². The molecule has 0 heterocycles. The van der Waals surface area contributed by atoms with Crippen LogP contribution in [0.25, 0.3) is 0 Å². The molecule has 1 N–H and O–H groups in total. The highest BCUT2D eigenvalue weighted by Crippen LogP contribution is 2.32. The van der Waals surface area contributed by atoms with Crippen LogP contribution < -0.4 is 9.47 Å². The SMILES string of the molecule is COc1cc(C#CCCOCc2ccccc2)cc(C(=O)O)c1OC. The largest absolute Gasteiger partial charge is 0.493 e. The lowest BCUT2D eigenvalue weighted by Gasteiger charge is -2.10. The fourth-order valence-electron chi connectivity index (χ4n) is 2.25. The predicted molar refractivity (Wildman–Crippen MR) is 94.1 cm³/mol. The first-order valence-corrected chi connectivity index (χ1v) is 7.75. The van der Waals surface area contributed by atoms with Crippen LogP contribution >= 0.6 is 0 Å². The van der Waals surface area contributed by atoms with E-state index in [0.717, 1.165) is 5.56 Å². The van der Waals surface area contributed by atoms with Crippen molar-refractivity contribution in [1.82, 2.24) is 0 Å². The summed E-state index contributed by atoms with van der Waals surface area (Å²) >= 11 is 0. The van der Waals surface area contributed by atoms with Crippen LogP contribution in [0.2, 0.25) is 0 Å². The molecule has 0 aliphatic heterocycles. The standard InChI is InChI=1S/C20H20O5/c1-23-18-13-16(12-17(20(21)22)19(18)24-2)10-6-7-11-25-14-15-8-4-3-5-9-15/h3-5,8-9,12-13H,7,11,14H2,1-2H3,(H,21,22). The van der Waals surface area contributed by atoms with E-state index in [1.807, 2.05) is 30.3 Å². The van der Waals surface area contributed by atoms with Crippen molar-refractivity contribution in [3.8, 4) is 23.3 Å². The maximum absolute atomic E-state index is 11.3. The molecule has 5 heteroatoms. The van der Waals surface area contributed by atoms with Crippen molar-refractivity contribution < 1.29 is 24.1 Å². The lowest BCUT2D eigenvalue weighted by atomic mass is 10.1. The number of carboxylic acid groups (broad SMARTS) is 1. The number of carbonyl (C=O) groups is 1. The molecular formula is C20H20O5. The lowest BCUT2D eigenvalue weighted by molar-refractivity contribution is 0.0692. The molecule has 2 rings (SSSR count). The van der Waals surface area contributed by atoms with Crippen LogP contribution in [0, 0.1) is 11.8 Å². The maximum atomic E-state index is 11.3. The Kier molecular flexibility index (Phi) is 6.87. The molecule has 0 unspecified atom stereocenters. The van der Waals surface area contributed by atoms with Gasteiger partial charge in [0.1, 0.15) is 5.56 Å². The molecule has 0 amide bonds. The lowest BCUT2D eigenvalue weighted by Crippen LogP contribution is -2.03. The zero-order valence-corrected chi connectivity index (χ0v) is 14.2. The van der Waals surface area contributed by atoms with Gasteiger partial charge in [-0.15, -0.1) is 0 Å². The minimum atomic E-state index is -1.09. The van der Waals surface area contributed by atoms with Crippen LogP contribution in [-0.2, 0) is 11.3 Å². The Morgan fingerprint density at radius 1 is 1.12 bits per heavy atom. The average Bonchev–Trinajstić information content (AvgIpc) is 2.64. The van der Waals surface area contributed by atoms with Crippen molar-refractivity contribution in [2.24, 2.45) is 0 Å². The van der Waals surface area contributed by atoms with Crippen LogP contribution in [0.15, 0.2) is 42.5 Å². The number of ether oxygens (including phenoxy) is 3. The van der Waals surface area contributed by atoms with Gasteiger partial charge < -0.3 is 19.3 Å². The first-order chi connectivity index (χ1) is 12.2. The Labute approximate surface area is 147 Å². The van der Waals surface area contributed by atoms with Gasteiger partial charge in [-0.1, -0.05) is 42.2 Å². The minimum Gasteiger partial charge on any atom is -0.493 e. The van der Waals surface area contributed by atoms with Crippen molar-refractivity contribution >= 4 is 5.97 Å². The maximum Gasteiger partial charge on any atom is 0.339 e. The van der Waals surface area contributed by atoms with Gasteiger partial charge in [-0.3, -0.25) is 0 Å². The molecule has 2 aromatic carbocycles. The van der Waals surface area contributed by atoms with E-state index in [9.17, 15) is 9.90 Å². The predicted octanol–water partition coefficient (Wildman–Crippen LogP) is 3.36. The van der Waals surface area contributed by atoms with Crippen LogP contribution in [-0.4, -0.2) is 31.9 Å². The van der Waals surface area contributed by atoms with Crippen LogP contribution in [0.1, 0.15) is 27.9 Å². The van der Waals surface area contributed by atoms with Gasteiger partial charge in [-0.05, 0) is 17.7 Å². The topological polar surface area (TPSA) is 65.0 Å². The van der Waals surface area contributed by atoms with Gasteiger partial charge in [0, 0.05) is 12.0 Å². The molecule has 0 fully saturated rings. The van der Waals surface area contributed by atoms with Gasteiger partial charge in [0.15, 0.2) is 11.5 Å². The van der Waals surface area contributed by atoms with E-state index in [2.05, 4.69) is 11.8 Å². The minimum absolute atomic E-state index is 0.0199. The number of rotatable bonds is 7. The number of hydrogen-bond donors (Lipinski definition) is 1. The molecule has 0 saturated carbocycles. The second-order valence-corrected chi connectivity index (χ2v) is 5.15. The Morgan fingerprint density at radius 3 is 2.52 bits per heavy atom. The van der Waals surface area contributed by atoms with Gasteiger partial charge in [-0.25, -0.2) is 4.79 Å². The van der Waals surface area contributed by atoms with Gasteiger partial charge >= 0.3 is 5.97 Å². The number of carboxylic acids is 1. The van der Waals surface area contributed by atoms with E-state index in [1.165, 1.54) is 20.3 Å². The van der Waals surface area contributed by atoms with Crippen LogP contribution in [0.3, 0.4) is 0 Å². The van der Waals surface area contributed by atoms with Crippen LogP contribution in [0.5, 0.6) is 11.5 Å². The van der Waals surface area contributed by atoms with E-state index in [-0.39, 0.29) is 11.3 Å². The quantitative estimate of drug-likeness (QED) is 0.618. The molecule has 5 nitrogen and oxygen atoms in total. The highest BCUT2D eigenvalue weighted by atomic mass is 16.5. The summed E-state index contributed by atoms with van der Waals surface area (Å²) in [5.41, 5.74) is 1.69. The molecule has 0 atom stereocenters. The summed E-state index contributed by atoms with van der Waals surface area (Å²) in [7, 11) is 2.86. The normalized spacial score (nSPS) is 9.84. The molecule has 0 aliphatic carbocycles. The number of hydrogen-bond acceptors (Lipinski definition) is 4. The highest BCUT2D eigenvalue weighted by molar-refractivity contribution is 5.92. The fourth-order valence-corrected chi connectivity index (χ4v) is 2.25. The third kappa shape index (κ3) is 5.27. The number of aromatic carboxylic acids is 1. The van der Waals surface area contributed by atoms with Gasteiger partial charge in [0.05, 0.1) is 27.4 Å². The van der Waals surface area contributed by atoms with E-state index in [0.29, 0.717) is 30.9 Å². The van der Waals surface area contributed by atoms with E-state index in [1.54, 1.807) is 6.07 Å². The zero-order chi connectivity index (χ0) is 18.1. The van der Waals surface area contributed by atoms with Crippen molar-refractivity contribution in [3.05, 3.63) is 59.2 Å². The number of benzene rings is 2. The summed E-state index contributed by atoms with van der Waals surface area (Å²) in [6.07, 6.45) is 0.545. The van der Waals surface area contributed by atoms with E-state index < -0.39 is 5.97 Å². The van der Waals surface area contributed by atoms with Crippen molar-refractivity contribution in [2.45, 2.75) is 13.0 Å². The molecule has 0 saturated heterocycles. The second kappa shape index (κ2) is 9.36.